The third-order valence-electron chi connectivity index (χ3n) is 4.32. The van der Waals surface area contributed by atoms with Gasteiger partial charge in [-0.25, -0.2) is 0 Å². The minimum absolute atomic E-state index is 0.0654. The van der Waals surface area contributed by atoms with Crippen molar-refractivity contribution in [1.29, 1.82) is 0 Å². The predicted molar refractivity (Wildman–Crippen MR) is 108 cm³/mol. The minimum Gasteiger partial charge on any atom is -0.493 e. The van der Waals surface area contributed by atoms with E-state index >= 15 is 0 Å². The summed E-state index contributed by atoms with van der Waals surface area (Å²) in [6.45, 7) is 4.90. The van der Waals surface area contributed by atoms with Crippen molar-refractivity contribution in [2.75, 3.05) is 20.8 Å². The van der Waals surface area contributed by atoms with E-state index in [0.717, 1.165) is 11.1 Å². The van der Waals surface area contributed by atoms with Gasteiger partial charge >= 0.3 is 0 Å². The Balaban J connectivity index is 1.90. The second kappa shape index (κ2) is 10.2. The lowest BCUT2D eigenvalue weighted by Crippen LogP contribution is -2.37. The van der Waals surface area contributed by atoms with Crippen LogP contribution in [-0.4, -0.2) is 26.7 Å². The maximum atomic E-state index is 12.3. The number of hydrogen-bond acceptors (Lipinski definition) is 4. The van der Waals surface area contributed by atoms with E-state index in [9.17, 15) is 4.79 Å². The van der Waals surface area contributed by atoms with Crippen molar-refractivity contribution < 1.29 is 14.3 Å². The lowest BCUT2D eigenvalue weighted by Gasteiger charge is -2.23. The molecule has 0 spiro atoms. The highest BCUT2D eigenvalue weighted by molar-refractivity contribution is 6.30. The normalized spacial score (nSPS) is 11.9. The van der Waals surface area contributed by atoms with Crippen molar-refractivity contribution in [3.05, 3.63) is 58.6 Å². The van der Waals surface area contributed by atoms with Gasteiger partial charge in [-0.05, 0) is 41.3 Å². The summed E-state index contributed by atoms with van der Waals surface area (Å²) in [4.78, 5) is 12.3. The molecule has 1 atom stereocenters. The third-order valence-corrected chi connectivity index (χ3v) is 4.57. The Bertz CT molecular complexity index is 748. The highest BCUT2D eigenvalue weighted by Gasteiger charge is 2.16. The number of hydrogen-bond donors (Lipinski definition) is 2. The van der Waals surface area contributed by atoms with Gasteiger partial charge in [0.15, 0.2) is 11.5 Å². The van der Waals surface area contributed by atoms with Gasteiger partial charge in [-0.3, -0.25) is 4.79 Å². The summed E-state index contributed by atoms with van der Waals surface area (Å²) in [5, 5.41) is 6.96. The number of rotatable bonds is 9. The molecule has 1 amide bonds. The Hall–Kier alpha value is -2.24. The summed E-state index contributed by atoms with van der Waals surface area (Å²) in [7, 11) is 3.18. The van der Waals surface area contributed by atoms with Gasteiger partial charge in [0.05, 0.1) is 20.8 Å². The van der Waals surface area contributed by atoms with Crippen molar-refractivity contribution in [2.24, 2.45) is 5.92 Å². The molecule has 0 radical (unpaired) electrons. The summed E-state index contributed by atoms with van der Waals surface area (Å²) in [5.74, 6) is 1.58. The Labute approximate surface area is 166 Å². The number of amides is 1. The molecule has 0 aromatic heterocycles. The Morgan fingerprint density at radius 1 is 1.04 bits per heavy atom. The number of carbonyl (C=O) groups is 1. The average Bonchev–Trinajstić information content (AvgIpc) is 2.67. The quantitative estimate of drug-likeness (QED) is 0.680. The summed E-state index contributed by atoms with van der Waals surface area (Å²) in [6.07, 6.45) is 0. The van der Waals surface area contributed by atoms with Gasteiger partial charge in [0.2, 0.25) is 5.91 Å². The van der Waals surface area contributed by atoms with Crippen LogP contribution >= 0.6 is 11.6 Å². The van der Waals surface area contributed by atoms with Gasteiger partial charge in [-0.2, -0.15) is 0 Å². The zero-order valence-electron chi connectivity index (χ0n) is 16.2. The molecule has 1 unspecified atom stereocenters. The Kier molecular flexibility index (Phi) is 7.95. The topological polar surface area (TPSA) is 59.6 Å². The van der Waals surface area contributed by atoms with E-state index in [1.165, 1.54) is 0 Å². The lowest BCUT2D eigenvalue weighted by atomic mass is 9.96. The molecular weight excluding hydrogens is 364 g/mol. The maximum absolute atomic E-state index is 12.3. The number of carbonyl (C=O) groups excluding carboxylic acids is 1. The highest BCUT2D eigenvalue weighted by atomic mass is 35.5. The fourth-order valence-electron chi connectivity index (χ4n) is 2.86. The van der Waals surface area contributed by atoms with Crippen LogP contribution in [0.1, 0.15) is 31.0 Å². The molecule has 146 valence electrons. The summed E-state index contributed by atoms with van der Waals surface area (Å²) in [6, 6.07) is 13.4. The zero-order valence-corrected chi connectivity index (χ0v) is 17.0. The first-order valence-electron chi connectivity index (χ1n) is 8.91. The predicted octanol–water partition coefficient (Wildman–Crippen LogP) is 3.96. The van der Waals surface area contributed by atoms with E-state index in [1.807, 2.05) is 42.5 Å². The van der Waals surface area contributed by atoms with Crippen LogP contribution in [0.4, 0.5) is 0 Å². The van der Waals surface area contributed by atoms with Crippen LogP contribution in [0.15, 0.2) is 42.5 Å². The second-order valence-electron chi connectivity index (χ2n) is 6.62. The van der Waals surface area contributed by atoms with Crippen molar-refractivity contribution in [2.45, 2.75) is 26.4 Å². The molecule has 0 saturated carbocycles. The second-order valence-corrected chi connectivity index (χ2v) is 7.06. The Morgan fingerprint density at radius 2 is 1.70 bits per heavy atom. The maximum Gasteiger partial charge on any atom is 0.234 e. The first-order valence-corrected chi connectivity index (χ1v) is 9.28. The van der Waals surface area contributed by atoms with Crippen LogP contribution in [0.5, 0.6) is 11.5 Å². The molecule has 0 bridgehead atoms. The molecule has 2 aromatic rings. The summed E-state index contributed by atoms with van der Waals surface area (Å²) < 4.78 is 10.5. The van der Waals surface area contributed by atoms with E-state index in [1.54, 1.807) is 14.2 Å². The van der Waals surface area contributed by atoms with Gasteiger partial charge in [0.1, 0.15) is 0 Å². The van der Waals surface area contributed by atoms with Crippen molar-refractivity contribution in [1.82, 2.24) is 10.6 Å². The van der Waals surface area contributed by atoms with Crippen LogP contribution in [0.3, 0.4) is 0 Å². The van der Waals surface area contributed by atoms with Crippen LogP contribution in [0, 0.1) is 5.92 Å². The fourth-order valence-corrected chi connectivity index (χ4v) is 2.99. The van der Waals surface area contributed by atoms with Gasteiger partial charge in [0, 0.05) is 17.6 Å². The minimum atomic E-state index is -0.0654. The number of halogens is 1. The van der Waals surface area contributed by atoms with Crippen molar-refractivity contribution in [3.8, 4) is 11.5 Å². The molecule has 2 N–H and O–H groups in total. The standard InChI is InChI=1S/C21H27ClN2O3/c1-14(2)21(16-6-8-17(22)9-7-16)24-13-20(25)23-12-15-5-10-18(26-3)19(11-15)27-4/h5-11,14,21,24H,12-13H2,1-4H3,(H,23,25). The first kappa shape index (κ1) is 21.1. The molecule has 27 heavy (non-hydrogen) atoms. The third kappa shape index (κ3) is 6.15. The van der Waals surface area contributed by atoms with Crippen LogP contribution < -0.4 is 20.1 Å². The molecule has 0 aliphatic heterocycles. The molecule has 2 aromatic carbocycles. The molecule has 2 rings (SSSR count). The van der Waals surface area contributed by atoms with E-state index in [4.69, 9.17) is 21.1 Å². The molecule has 0 aliphatic carbocycles. The van der Waals surface area contributed by atoms with Crippen molar-refractivity contribution in [3.63, 3.8) is 0 Å². The van der Waals surface area contributed by atoms with Gasteiger partial charge in [-0.1, -0.05) is 43.6 Å². The number of ether oxygens (including phenoxy) is 2. The Morgan fingerprint density at radius 3 is 2.30 bits per heavy atom. The highest BCUT2D eigenvalue weighted by Crippen LogP contribution is 2.27. The first-order chi connectivity index (χ1) is 12.9. The largest absolute Gasteiger partial charge is 0.493 e. The van der Waals surface area contributed by atoms with E-state index in [-0.39, 0.29) is 18.5 Å². The molecule has 0 saturated heterocycles. The molecular formula is C21H27ClN2O3. The van der Waals surface area contributed by atoms with Crippen LogP contribution in [0.2, 0.25) is 5.02 Å². The van der Waals surface area contributed by atoms with E-state index < -0.39 is 0 Å². The van der Waals surface area contributed by atoms with Crippen molar-refractivity contribution >= 4 is 17.5 Å². The van der Waals surface area contributed by atoms with E-state index in [2.05, 4.69) is 24.5 Å². The number of nitrogens with one attached hydrogen (secondary N) is 2. The fraction of sp³-hybridized carbons (Fsp3) is 0.381. The van der Waals surface area contributed by atoms with Gasteiger partial charge in [-0.15, -0.1) is 0 Å². The summed E-state index contributed by atoms with van der Waals surface area (Å²) in [5.41, 5.74) is 2.06. The molecule has 6 heteroatoms. The average molecular weight is 391 g/mol. The monoisotopic (exact) mass is 390 g/mol. The lowest BCUT2D eigenvalue weighted by molar-refractivity contribution is -0.120. The van der Waals surface area contributed by atoms with Crippen LogP contribution in [0.25, 0.3) is 0 Å². The molecule has 0 fully saturated rings. The SMILES string of the molecule is COc1ccc(CNC(=O)CNC(c2ccc(Cl)cc2)C(C)C)cc1OC. The number of methoxy groups -OCH3 is 2. The zero-order chi connectivity index (χ0) is 19.8. The molecule has 5 nitrogen and oxygen atoms in total. The smallest absolute Gasteiger partial charge is 0.234 e. The van der Waals surface area contributed by atoms with Gasteiger partial charge < -0.3 is 20.1 Å². The van der Waals surface area contributed by atoms with Crippen LogP contribution in [-0.2, 0) is 11.3 Å². The van der Waals surface area contributed by atoms with Gasteiger partial charge in [0.25, 0.3) is 0 Å². The summed E-state index contributed by atoms with van der Waals surface area (Å²) >= 11 is 5.96. The molecule has 0 aliphatic rings. The van der Waals surface area contributed by atoms with E-state index in [0.29, 0.717) is 29.0 Å². The molecule has 0 heterocycles. The number of benzene rings is 2.